The molecule has 8 aliphatic carbocycles. The van der Waals surface area contributed by atoms with Gasteiger partial charge in [0.2, 0.25) is 0 Å². The van der Waals surface area contributed by atoms with Crippen molar-refractivity contribution in [1.82, 2.24) is 0 Å². The van der Waals surface area contributed by atoms with Crippen LogP contribution in [0.25, 0.3) is 0 Å². The number of fused-ring (bicyclic) bond motifs is 10. The Morgan fingerprint density at radius 2 is 1.17 bits per heavy atom. The Morgan fingerprint density at radius 3 is 1.70 bits per heavy atom. The van der Waals surface area contributed by atoms with E-state index in [1.54, 1.807) is 5.57 Å². The van der Waals surface area contributed by atoms with Crippen LogP contribution in [0, 0.1) is 64.1 Å². The van der Waals surface area contributed by atoms with Gasteiger partial charge in [-0.1, -0.05) is 25.5 Å². The van der Waals surface area contributed by atoms with Gasteiger partial charge in [-0.15, -0.1) is 0 Å². The van der Waals surface area contributed by atoms with Gasteiger partial charge in [-0.3, -0.25) is 0 Å². The van der Waals surface area contributed by atoms with E-state index in [1.807, 2.05) is 20.8 Å². The fourth-order valence-electron chi connectivity index (χ4n) is 15.1. The average molecular weight is 659 g/mol. The first-order valence-corrected chi connectivity index (χ1v) is 20.1. The molecule has 0 radical (unpaired) electrons. The summed E-state index contributed by atoms with van der Waals surface area (Å²) in [5.74, 6) is 3.36. The molecule has 16 atom stereocenters. The largest absolute Gasteiger partial charge is 0.393 e. The van der Waals surface area contributed by atoms with E-state index in [0.29, 0.717) is 73.5 Å². The van der Waals surface area contributed by atoms with E-state index in [4.69, 9.17) is 0 Å². The van der Waals surface area contributed by atoms with E-state index >= 15 is 8.78 Å². The van der Waals surface area contributed by atoms with Crippen molar-refractivity contribution in [3.8, 4) is 0 Å². The van der Waals surface area contributed by atoms with Crippen molar-refractivity contribution in [3.05, 3.63) is 11.6 Å². The van der Waals surface area contributed by atoms with Crippen LogP contribution in [0.15, 0.2) is 11.6 Å². The van der Waals surface area contributed by atoms with E-state index in [9.17, 15) is 15.3 Å². The van der Waals surface area contributed by atoms with Crippen molar-refractivity contribution in [2.24, 2.45) is 64.1 Å². The molecule has 0 aromatic heterocycles. The van der Waals surface area contributed by atoms with Crippen LogP contribution in [0.2, 0.25) is 0 Å². The summed E-state index contributed by atoms with van der Waals surface area (Å²) in [6.07, 6.45) is 19.2. The molecule has 5 heteroatoms. The lowest BCUT2D eigenvalue weighted by molar-refractivity contribution is -0.166. The van der Waals surface area contributed by atoms with E-state index in [-0.39, 0.29) is 35.2 Å². The first-order valence-electron chi connectivity index (χ1n) is 20.1. The Hall–Kier alpha value is -0.520. The highest BCUT2D eigenvalue weighted by Gasteiger charge is 2.64. The van der Waals surface area contributed by atoms with Crippen LogP contribution < -0.4 is 0 Å². The molecule has 8 fully saturated rings. The predicted octanol–water partition coefficient (Wildman–Crippen LogP) is 9.91. The molecule has 4 unspecified atom stereocenters. The molecule has 8 rings (SSSR count). The first-order chi connectivity index (χ1) is 22.0. The van der Waals surface area contributed by atoms with Gasteiger partial charge < -0.3 is 15.3 Å². The van der Waals surface area contributed by atoms with Crippen molar-refractivity contribution in [1.29, 1.82) is 0 Å². The lowest BCUT2D eigenvalue weighted by atomic mass is 9.47. The Kier molecular flexibility index (Phi) is 8.73. The van der Waals surface area contributed by atoms with E-state index in [0.717, 1.165) is 44.9 Å². The maximum atomic E-state index is 16.2. The monoisotopic (exact) mass is 659 g/mol. The maximum Gasteiger partial charge on any atom is 0.117 e. The van der Waals surface area contributed by atoms with Gasteiger partial charge in [0.15, 0.2) is 0 Å². The number of aliphatic hydroxyl groups is 3. The standard InChI is InChI=1S/C21H35FO2.C21H33FO/c1-13(23)16-6-7-17-15-5-4-14-12-19(2,24)10-11-21(14,22)18(15)8-9-20(16,17)3;1-4-14-6-8-17-16-7-5-15-13-19(2,23)11-12-21(15,22)18(16)9-10-20(14,17)3/h13-18,23-24H,4-12H2,1-3H3;4,15-18,23H,5-13H2,1-3H3/t13?,14-,15+,16?,17+,18?,19-,20-,21-;15-,16+,17+,18?,19-,20-,21-/m11/s1. The first kappa shape index (κ1) is 34.9. The van der Waals surface area contributed by atoms with Crippen molar-refractivity contribution < 1.29 is 24.1 Å². The van der Waals surface area contributed by atoms with Gasteiger partial charge in [-0.2, -0.15) is 0 Å². The lowest BCUT2D eigenvalue weighted by Gasteiger charge is -2.59. The summed E-state index contributed by atoms with van der Waals surface area (Å²) in [5, 5.41) is 31.1. The van der Waals surface area contributed by atoms with Crippen LogP contribution in [0.3, 0.4) is 0 Å². The van der Waals surface area contributed by atoms with Crippen LogP contribution in [0.5, 0.6) is 0 Å². The SMILES string of the molecule is CC(O)C1CC[C@H]2[C@@H]3CC[C@@H]4C[C@](C)(O)CC[C@]4(F)C3CC[C@]12C.CC=C1CC[C@H]2[C@@H]3CC[C@@H]4C[C@](C)(O)CC[C@]4(F)C3CC[C@]12C. The van der Waals surface area contributed by atoms with Gasteiger partial charge in [-0.05, 0) is 207 Å². The van der Waals surface area contributed by atoms with E-state index in [1.165, 1.54) is 32.1 Å². The highest BCUT2D eigenvalue weighted by molar-refractivity contribution is 5.24. The number of hydrogen-bond acceptors (Lipinski definition) is 3. The van der Waals surface area contributed by atoms with Crippen LogP contribution >= 0.6 is 0 Å². The molecule has 0 aromatic rings. The highest BCUT2D eigenvalue weighted by atomic mass is 19.1. The van der Waals surface area contributed by atoms with Gasteiger partial charge in [0.25, 0.3) is 0 Å². The van der Waals surface area contributed by atoms with Crippen molar-refractivity contribution in [3.63, 3.8) is 0 Å². The molecule has 47 heavy (non-hydrogen) atoms. The molecule has 268 valence electrons. The fourth-order valence-corrected chi connectivity index (χ4v) is 15.1. The Balaban J connectivity index is 0.000000150. The smallest absolute Gasteiger partial charge is 0.117 e. The van der Waals surface area contributed by atoms with Gasteiger partial charge >= 0.3 is 0 Å². The molecule has 0 bridgehead atoms. The topological polar surface area (TPSA) is 60.7 Å². The Labute approximate surface area is 285 Å². The number of rotatable bonds is 1. The number of halogens is 2. The summed E-state index contributed by atoms with van der Waals surface area (Å²) in [6, 6.07) is 0. The molecule has 3 nitrogen and oxygen atoms in total. The quantitative estimate of drug-likeness (QED) is 0.246. The predicted molar refractivity (Wildman–Crippen MR) is 185 cm³/mol. The van der Waals surface area contributed by atoms with Gasteiger partial charge in [0, 0.05) is 0 Å². The van der Waals surface area contributed by atoms with Crippen LogP contribution in [0.4, 0.5) is 8.78 Å². The molecule has 8 saturated carbocycles. The molecule has 3 N–H and O–H groups in total. The maximum absolute atomic E-state index is 16.2. The van der Waals surface area contributed by atoms with Crippen LogP contribution in [-0.4, -0.2) is 44.0 Å². The number of hydrogen-bond donors (Lipinski definition) is 3. The molecular weight excluding hydrogens is 590 g/mol. The van der Waals surface area contributed by atoms with Crippen molar-refractivity contribution in [2.75, 3.05) is 0 Å². The van der Waals surface area contributed by atoms with Crippen LogP contribution in [0.1, 0.15) is 157 Å². The third kappa shape index (κ3) is 5.46. The molecule has 0 heterocycles. The van der Waals surface area contributed by atoms with E-state index < -0.39 is 22.5 Å². The van der Waals surface area contributed by atoms with Gasteiger partial charge in [0.05, 0.1) is 17.3 Å². The Morgan fingerprint density at radius 1 is 0.638 bits per heavy atom. The summed E-state index contributed by atoms with van der Waals surface area (Å²) in [6.45, 7) is 12.8. The fraction of sp³-hybridized carbons (Fsp3) is 0.952. The summed E-state index contributed by atoms with van der Waals surface area (Å²) in [7, 11) is 0. The summed E-state index contributed by atoms with van der Waals surface area (Å²) in [5.41, 5.74) is -1.15. The molecule has 0 aromatic carbocycles. The Bertz CT molecular complexity index is 1210. The molecule has 0 spiro atoms. The zero-order valence-electron chi connectivity index (χ0n) is 30.7. The summed E-state index contributed by atoms with van der Waals surface area (Å²) < 4.78 is 32.3. The summed E-state index contributed by atoms with van der Waals surface area (Å²) >= 11 is 0. The number of allylic oxidation sites excluding steroid dienone is 2. The van der Waals surface area contributed by atoms with Crippen molar-refractivity contribution in [2.45, 2.75) is 186 Å². The minimum absolute atomic E-state index is 0.0563. The normalized spacial score (nSPS) is 58.1. The molecule has 8 aliphatic rings. The minimum Gasteiger partial charge on any atom is -0.393 e. The lowest BCUT2D eigenvalue weighted by Crippen LogP contribution is -2.58. The summed E-state index contributed by atoms with van der Waals surface area (Å²) in [4.78, 5) is 0. The number of alkyl halides is 2. The van der Waals surface area contributed by atoms with Crippen LogP contribution in [-0.2, 0) is 0 Å². The molecule has 0 amide bonds. The number of aliphatic hydroxyl groups excluding tert-OH is 1. The van der Waals surface area contributed by atoms with Gasteiger partial charge in [-0.25, -0.2) is 8.78 Å². The second kappa shape index (κ2) is 11.8. The second-order valence-corrected chi connectivity index (χ2v) is 19.8. The zero-order valence-corrected chi connectivity index (χ0v) is 30.7. The molecule has 0 aliphatic heterocycles. The minimum atomic E-state index is -1.05. The van der Waals surface area contributed by atoms with E-state index in [2.05, 4.69) is 26.8 Å². The zero-order chi connectivity index (χ0) is 33.8. The van der Waals surface area contributed by atoms with Gasteiger partial charge in [0.1, 0.15) is 11.3 Å². The third-order valence-corrected chi connectivity index (χ3v) is 17.5. The second-order valence-electron chi connectivity index (χ2n) is 19.8. The molecule has 0 saturated heterocycles. The third-order valence-electron chi connectivity index (χ3n) is 17.5. The molecular formula is C42H68F2O3. The van der Waals surface area contributed by atoms with Crippen molar-refractivity contribution >= 4 is 0 Å². The highest BCUT2D eigenvalue weighted by Crippen LogP contribution is 2.68. The average Bonchev–Trinajstić information content (AvgIpc) is 3.54.